The number of carbonyl (C=O) groups excluding carboxylic acids is 1. The third kappa shape index (κ3) is 11.9. The van der Waals surface area contributed by atoms with Gasteiger partial charge in [0, 0.05) is 17.8 Å². The van der Waals surface area contributed by atoms with E-state index >= 15 is 0 Å². The summed E-state index contributed by atoms with van der Waals surface area (Å²) in [6.07, 6.45) is 7.69. The number of allylic oxidation sites excluding steroid dienone is 2. The van der Waals surface area contributed by atoms with E-state index < -0.39 is 41.9 Å². The standard InChI is InChI=1S/C33H64O5Si2/c1-13-14-17-20-26(34)23-24-28-27(21-18-15-16-19-22-31(35)36-8)29(37-39(9,10)32(2,3)4)25-30(28)38-40(11,12)33(5,6)7/h15,18,23-24,26-30,34H,13-14,16-17,19-22,25H2,1-12H3/b18-15-,24-23+/t26-,27-,28+,29-,30+/m0/s1/i1D,13D,14D,17D/t13?,14?,17?,26-,27-,28+,29-,30+. The Balaban J connectivity index is 3.39. The molecule has 0 aromatic carbocycles. The van der Waals surface area contributed by atoms with E-state index in [-0.39, 0.29) is 53.4 Å². The molecule has 1 aliphatic carbocycles. The molecule has 1 rings (SSSR count). The minimum atomic E-state index is -2.14. The fourth-order valence-corrected chi connectivity index (χ4v) is 7.26. The fourth-order valence-electron chi connectivity index (χ4n) is 4.52. The first-order valence-electron chi connectivity index (χ1n) is 17.5. The Bertz CT molecular complexity index is 932. The summed E-state index contributed by atoms with van der Waals surface area (Å²) < 4.78 is 50.6. The molecule has 1 N–H and O–H groups in total. The van der Waals surface area contributed by atoms with Crippen LogP contribution >= 0.6 is 0 Å². The number of hydrogen-bond acceptors (Lipinski definition) is 5. The van der Waals surface area contributed by atoms with Gasteiger partial charge in [-0.2, -0.15) is 0 Å². The number of rotatable bonds is 16. The van der Waals surface area contributed by atoms with Crippen molar-refractivity contribution in [3.05, 3.63) is 24.3 Å². The van der Waals surface area contributed by atoms with Crippen LogP contribution in [0.15, 0.2) is 24.3 Å². The van der Waals surface area contributed by atoms with Crippen molar-refractivity contribution in [2.24, 2.45) is 11.8 Å². The molecule has 1 aliphatic rings. The van der Waals surface area contributed by atoms with Gasteiger partial charge in [-0.05, 0) is 74.3 Å². The molecule has 1 fully saturated rings. The molecule has 0 aromatic rings. The van der Waals surface area contributed by atoms with Crippen LogP contribution in [0.5, 0.6) is 0 Å². The molecule has 40 heavy (non-hydrogen) atoms. The van der Waals surface area contributed by atoms with Gasteiger partial charge >= 0.3 is 5.97 Å². The molecule has 7 heteroatoms. The molecule has 0 aliphatic heterocycles. The molecule has 0 radical (unpaired) electrons. The predicted octanol–water partition coefficient (Wildman–Crippen LogP) is 9.19. The Kier molecular flexibility index (Phi) is 12.4. The van der Waals surface area contributed by atoms with E-state index in [0.717, 1.165) is 25.7 Å². The molecule has 0 bridgehead atoms. The predicted molar refractivity (Wildman–Crippen MR) is 175 cm³/mol. The molecule has 0 spiro atoms. The summed E-state index contributed by atoms with van der Waals surface area (Å²) in [5.41, 5.74) is 0. The summed E-state index contributed by atoms with van der Waals surface area (Å²) in [5.74, 6) is -0.0896. The molecule has 5 nitrogen and oxygen atoms in total. The average molecular weight is 601 g/mol. The number of aliphatic hydroxyl groups excluding tert-OH is 1. The van der Waals surface area contributed by atoms with Crippen molar-refractivity contribution in [2.75, 3.05) is 7.11 Å². The van der Waals surface area contributed by atoms with E-state index in [4.69, 9.17) is 19.1 Å². The third-order valence-corrected chi connectivity index (χ3v) is 18.1. The van der Waals surface area contributed by atoms with Crippen LogP contribution in [-0.2, 0) is 18.4 Å². The number of aliphatic hydroxyl groups is 1. The lowest BCUT2D eigenvalue weighted by Crippen LogP contribution is -2.45. The number of ether oxygens (including phenoxy) is 1. The van der Waals surface area contributed by atoms with Crippen molar-refractivity contribution < 1.29 is 29.0 Å². The van der Waals surface area contributed by atoms with Crippen LogP contribution in [0, 0.1) is 11.8 Å². The zero-order valence-corrected chi connectivity index (χ0v) is 29.5. The Morgan fingerprint density at radius 2 is 1.62 bits per heavy atom. The van der Waals surface area contributed by atoms with Crippen molar-refractivity contribution in [1.29, 1.82) is 0 Å². The van der Waals surface area contributed by atoms with Crippen molar-refractivity contribution >= 4 is 22.6 Å². The maximum absolute atomic E-state index is 11.5. The first-order chi connectivity index (χ1) is 20.1. The maximum atomic E-state index is 11.5. The van der Waals surface area contributed by atoms with E-state index in [2.05, 4.69) is 86.0 Å². The summed E-state index contributed by atoms with van der Waals surface area (Å²) in [6, 6.07) is 0. The van der Waals surface area contributed by atoms with Crippen molar-refractivity contribution in [1.82, 2.24) is 0 Å². The highest BCUT2D eigenvalue weighted by molar-refractivity contribution is 6.74. The van der Waals surface area contributed by atoms with Crippen molar-refractivity contribution in [2.45, 2.75) is 161 Å². The monoisotopic (exact) mass is 600 g/mol. The Morgan fingerprint density at radius 3 is 2.17 bits per heavy atom. The van der Waals surface area contributed by atoms with Gasteiger partial charge in [0.15, 0.2) is 16.6 Å². The average Bonchev–Trinajstić information content (AvgIpc) is 3.20. The van der Waals surface area contributed by atoms with Gasteiger partial charge in [-0.15, -0.1) is 0 Å². The van der Waals surface area contributed by atoms with Crippen LogP contribution in [0.4, 0.5) is 0 Å². The smallest absolute Gasteiger partial charge is 0.305 e. The van der Waals surface area contributed by atoms with Gasteiger partial charge in [-0.3, -0.25) is 4.79 Å². The zero-order chi connectivity index (χ0) is 34.1. The minimum absolute atomic E-state index is 0.0126. The number of esters is 1. The first kappa shape index (κ1) is 30.7. The lowest BCUT2D eigenvalue weighted by Gasteiger charge is -2.40. The van der Waals surface area contributed by atoms with Crippen LogP contribution in [0.1, 0.15) is 112 Å². The van der Waals surface area contributed by atoms with Gasteiger partial charge in [0.25, 0.3) is 0 Å². The number of unbranched alkanes of at least 4 members (excludes halogenated alkanes) is 1. The van der Waals surface area contributed by atoms with Crippen LogP contribution < -0.4 is 0 Å². The lowest BCUT2D eigenvalue weighted by molar-refractivity contribution is -0.140. The largest absolute Gasteiger partial charge is 0.469 e. The first-order valence-corrected chi connectivity index (χ1v) is 20.9. The highest BCUT2D eigenvalue weighted by Gasteiger charge is 2.50. The summed E-state index contributed by atoms with van der Waals surface area (Å²) in [7, 11) is -2.84. The summed E-state index contributed by atoms with van der Waals surface area (Å²) in [4.78, 5) is 11.5. The molecule has 0 aromatic heterocycles. The third-order valence-electron chi connectivity index (χ3n) is 9.13. The number of methoxy groups -OCH3 is 1. The van der Waals surface area contributed by atoms with Gasteiger partial charge in [0.05, 0.1) is 25.4 Å². The quantitative estimate of drug-likeness (QED) is 0.0828. The molecule has 8 atom stereocenters. The Labute approximate surface area is 255 Å². The second-order valence-electron chi connectivity index (χ2n) is 14.3. The second-order valence-corrected chi connectivity index (χ2v) is 23.9. The Hall–Kier alpha value is -0.736. The number of hydrogen-bond donors (Lipinski definition) is 1. The van der Waals surface area contributed by atoms with E-state index in [0.29, 0.717) is 6.42 Å². The maximum Gasteiger partial charge on any atom is 0.305 e. The van der Waals surface area contributed by atoms with Gasteiger partial charge in [0.1, 0.15) is 0 Å². The van der Waals surface area contributed by atoms with Crippen molar-refractivity contribution in [3.63, 3.8) is 0 Å². The van der Waals surface area contributed by atoms with Crippen molar-refractivity contribution in [3.8, 4) is 0 Å². The topological polar surface area (TPSA) is 65.0 Å². The molecule has 0 heterocycles. The van der Waals surface area contributed by atoms with Gasteiger partial charge in [0.2, 0.25) is 0 Å². The molecule has 0 saturated heterocycles. The molecular weight excluding hydrogens is 533 g/mol. The van der Waals surface area contributed by atoms with Gasteiger partial charge < -0.3 is 18.7 Å². The summed E-state index contributed by atoms with van der Waals surface area (Å²) in [5, 5.41) is 11.0. The molecule has 0 amide bonds. The zero-order valence-electron chi connectivity index (χ0n) is 31.5. The Morgan fingerprint density at radius 1 is 1.02 bits per heavy atom. The molecule has 3 unspecified atom stereocenters. The van der Waals surface area contributed by atoms with Crippen LogP contribution in [0.3, 0.4) is 0 Å². The van der Waals surface area contributed by atoms with Gasteiger partial charge in [-0.25, -0.2) is 0 Å². The number of carbonyl (C=O) groups is 1. The normalized spacial score (nSPS) is 27.6. The van der Waals surface area contributed by atoms with E-state index in [1.54, 1.807) is 6.08 Å². The summed E-state index contributed by atoms with van der Waals surface area (Å²) in [6.45, 7) is 22.3. The second kappa shape index (κ2) is 16.2. The molecule has 234 valence electrons. The molecule has 1 saturated carbocycles. The van der Waals surface area contributed by atoms with E-state index in [1.807, 2.05) is 0 Å². The highest BCUT2D eigenvalue weighted by atomic mass is 28.4. The van der Waals surface area contributed by atoms with Crippen LogP contribution in [0.25, 0.3) is 0 Å². The van der Waals surface area contributed by atoms with Gasteiger partial charge in [-0.1, -0.05) is 91.9 Å². The van der Waals surface area contributed by atoms with Crippen LogP contribution in [0.2, 0.25) is 36.3 Å². The SMILES string of the molecule is [2H]CC([2H])C([2H])C([2H])C[C@H](O)/C=C/[C@@H]1[C@H](C/C=C\CCCC(=O)OC)[C@@H](O[Si](C)(C)C(C)(C)C)C[C@H]1O[Si](C)(C)C(C)(C)C. The highest BCUT2D eigenvalue weighted by Crippen LogP contribution is 2.47. The van der Waals surface area contributed by atoms with Crippen LogP contribution in [-0.4, -0.2) is 53.1 Å². The lowest BCUT2D eigenvalue weighted by atomic mass is 9.89. The fraction of sp³-hybridized carbons (Fsp3) is 0.848. The summed E-state index contributed by atoms with van der Waals surface area (Å²) >= 11 is 0. The van der Waals surface area contributed by atoms with E-state index in [1.165, 1.54) is 7.11 Å². The van der Waals surface area contributed by atoms with E-state index in [9.17, 15) is 9.90 Å². The molecular formula is C33H64O5Si2. The minimum Gasteiger partial charge on any atom is -0.469 e.